The zero-order chi connectivity index (χ0) is 15.4. The highest BCUT2D eigenvalue weighted by Gasteiger charge is 2.18. The van der Waals surface area contributed by atoms with Crippen molar-refractivity contribution in [3.8, 4) is 5.75 Å². The van der Waals surface area contributed by atoms with E-state index in [0.717, 1.165) is 31.9 Å². The van der Waals surface area contributed by atoms with Crippen molar-refractivity contribution in [1.29, 1.82) is 0 Å². The first-order valence-corrected chi connectivity index (χ1v) is 8.93. The maximum Gasteiger partial charge on any atom is 0.119 e. The zero-order valence-corrected chi connectivity index (χ0v) is 14.2. The van der Waals surface area contributed by atoms with Crippen molar-refractivity contribution in [2.75, 3.05) is 32.8 Å². The summed E-state index contributed by atoms with van der Waals surface area (Å²) >= 11 is 0. The van der Waals surface area contributed by atoms with E-state index in [1.807, 2.05) is 0 Å². The fraction of sp³-hybridized carbons (Fsp3) is 0.684. The second-order valence-corrected chi connectivity index (χ2v) is 7.00. The zero-order valence-electron chi connectivity index (χ0n) is 14.2. The number of nitrogens with zero attached hydrogens (tertiary/aromatic N) is 2. The molecular formula is C19H30N2O. The van der Waals surface area contributed by atoms with E-state index in [1.54, 1.807) is 0 Å². The van der Waals surface area contributed by atoms with Gasteiger partial charge in [0, 0.05) is 25.7 Å². The molecule has 1 fully saturated rings. The van der Waals surface area contributed by atoms with Crippen molar-refractivity contribution in [3.05, 3.63) is 29.3 Å². The number of fused-ring (bicyclic) bond motifs is 1. The van der Waals surface area contributed by atoms with Gasteiger partial charge in [0.25, 0.3) is 0 Å². The second kappa shape index (κ2) is 7.47. The Kier molecular flexibility index (Phi) is 5.37. The van der Waals surface area contributed by atoms with E-state index in [4.69, 9.17) is 4.74 Å². The molecule has 0 radical (unpaired) electrons. The second-order valence-electron chi connectivity index (χ2n) is 7.00. The summed E-state index contributed by atoms with van der Waals surface area (Å²) in [5.74, 6) is 1.05. The van der Waals surface area contributed by atoms with Crippen molar-refractivity contribution in [3.63, 3.8) is 0 Å². The lowest BCUT2D eigenvalue weighted by atomic mass is 9.98. The van der Waals surface area contributed by atoms with Crippen molar-refractivity contribution in [1.82, 2.24) is 9.80 Å². The number of benzene rings is 1. The molecule has 0 saturated carbocycles. The molecule has 0 bridgehead atoms. The van der Waals surface area contributed by atoms with Crippen LogP contribution >= 0.6 is 0 Å². The molecule has 2 heterocycles. The SMILES string of the molecule is CC(C)N1CCc2cc(OCCN3CCCCC3)ccc2C1. The molecule has 0 unspecified atom stereocenters. The number of piperidine rings is 1. The molecule has 22 heavy (non-hydrogen) atoms. The Hall–Kier alpha value is -1.06. The van der Waals surface area contributed by atoms with Gasteiger partial charge in [-0.2, -0.15) is 0 Å². The number of ether oxygens (including phenoxy) is 1. The van der Waals surface area contributed by atoms with E-state index in [2.05, 4.69) is 41.8 Å². The number of hydrogen-bond donors (Lipinski definition) is 0. The Morgan fingerprint density at radius 3 is 2.64 bits per heavy atom. The van der Waals surface area contributed by atoms with Gasteiger partial charge in [-0.05, 0) is 69.5 Å². The molecule has 0 atom stereocenters. The summed E-state index contributed by atoms with van der Waals surface area (Å²) in [6.07, 6.45) is 5.25. The van der Waals surface area contributed by atoms with Crippen LogP contribution < -0.4 is 4.74 Å². The first kappa shape index (κ1) is 15.8. The van der Waals surface area contributed by atoms with Gasteiger partial charge in [-0.1, -0.05) is 12.5 Å². The van der Waals surface area contributed by atoms with E-state index in [1.165, 1.54) is 50.0 Å². The summed E-state index contributed by atoms with van der Waals surface area (Å²) < 4.78 is 5.99. The number of rotatable bonds is 5. The standard InChI is InChI=1S/C19H30N2O/c1-16(2)21-11-8-17-14-19(7-6-18(17)15-21)22-13-12-20-9-4-3-5-10-20/h6-7,14,16H,3-5,8-13,15H2,1-2H3. The highest BCUT2D eigenvalue weighted by molar-refractivity contribution is 5.37. The van der Waals surface area contributed by atoms with Gasteiger partial charge in [-0.15, -0.1) is 0 Å². The fourth-order valence-corrected chi connectivity index (χ4v) is 3.56. The van der Waals surface area contributed by atoms with Crippen molar-refractivity contribution < 1.29 is 4.74 Å². The van der Waals surface area contributed by atoms with Crippen molar-refractivity contribution in [2.24, 2.45) is 0 Å². The van der Waals surface area contributed by atoms with Crippen molar-refractivity contribution >= 4 is 0 Å². The molecule has 2 aliphatic rings. The minimum absolute atomic E-state index is 0.633. The quantitative estimate of drug-likeness (QED) is 0.830. The summed E-state index contributed by atoms with van der Waals surface area (Å²) in [5, 5.41) is 0. The molecule has 0 amide bonds. The molecule has 1 aromatic rings. The fourth-order valence-electron chi connectivity index (χ4n) is 3.56. The summed E-state index contributed by atoms with van der Waals surface area (Å²) in [6, 6.07) is 7.32. The Morgan fingerprint density at radius 1 is 1.05 bits per heavy atom. The maximum atomic E-state index is 5.99. The molecule has 0 aromatic heterocycles. The molecule has 3 heteroatoms. The Labute approximate surface area is 135 Å². The third kappa shape index (κ3) is 4.02. The van der Waals surface area contributed by atoms with E-state index in [9.17, 15) is 0 Å². The molecule has 122 valence electrons. The monoisotopic (exact) mass is 302 g/mol. The molecule has 0 aliphatic carbocycles. The van der Waals surface area contributed by atoms with Crippen LogP contribution in [-0.4, -0.2) is 48.6 Å². The summed E-state index contributed by atoms with van der Waals surface area (Å²) in [4.78, 5) is 5.07. The predicted octanol–water partition coefficient (Wildman–Crippen LogP) is 3.32. The number of likely N-dealkylation sites (tertiary alicyclic amines) is 1. The van der Waals surface area contributed by atoms with Crippen LogP contribution in [0.4, 0.5) is 0 Å². The third-order valence-electron chi connectivity index (χ3n) is 5.07. The van der Waals surface area contributed by atoms with Crippen LogP contribution in [-0.2, 0) is 13.0 Å². The lowest BCUT2D eigenvalue weighted by molar-refractivity contribution is 0.182. The molecule has 3 nitrogen and oxygen atoms in total. The Bertz CT molecular complexity index is 480. The van der Waals surface area contributed by atoms with Crippen LogP contribution in [0.5, 0.6) is 5.75 Å². The smallest absolute Gasteiger partial charge is 0.119 e. The van der Waals surface area contributed by atoms with Gasteiger partial charge in [-0.3, -0.25) is 9.80 Å². The van der Waals surface area contributed by atoms with Gasteiger partial charge in [0.15, 0.2) is 0 Å². The highest BCUT2D eigenvalue weighted by Crippen LogP contribution is 2.25. The predicted molar refractivity (Wildman–Crippen MR) is 91.5 cm³/mol. The molecule has 0 spiro atoms. The van der Waals surface area contributed by atoms with E-state index in [-0.39, 0.29) is 0 Å². The first-order chi connectivity index (χ1) is 10.7. The lowest BCUT2D eigenvalue weighted by Gasteiger charge is -2.32. The van der Waals surface area contributed by atoms with E-state index in [0.29, 0.717) is 6.04 Å². The van der Waals surface area contributed by atoms with Crippen LogP contribution in [0.3, 0.4) is 0 Å². The average molecular weight is 302 g/mol. The average Bonchev–Trinajstić information content (AvgIpc) is 2.55. The topological polar surface area (TPSA) is 15.7 Å². The Morgan fingerprint density at radius 2 is 1.86 bits per heavy atom. The molecule has 2 aliphatic heterocycles. The molecule has 1 saturated heterocycles. The van der Waals surface area contributed by atoms with Crippen LogP contribution in [0.25, 0.3) is 0 Å². The largest absolute Gasteiger partial charge is 0.492 e. The van der Waals surface area contributed by atoms with Crippen LogP contribution in [0.2, 0.25) is 0 Å². The summed E-state index contributed by atoms with van der Waals surface area (Å²) in [7, 11) is 0. The van der Waals surface area contributed by atoms with Gasteiger partial charge in [0.05, 0.1) is 0 Å². The normalized spacial score (nSPS) is 20.1. The third-order valence-corrected chi connectivity index (χ3v) is 5.07. The first-order valence-electron chi connectivity index (χ1n) is 8.93. The highest BCUT2D eigenvalue weighted by atomic mass is 16.5. The molecule has 3 rings (SSSR count). The molecular weight excluding hydrogens is 272 g/mol. The minimum Gasteiger partial charge on any atom is -0.492 e. The Balaban J connectivity index is 1.51. The summed E-state index contributed by atoms with van der Waals surface area (Å²) in [6.45, 7) is 11.2. The van der Waals surface area contributed by atoms with Crippen LogP contribution in [0.1, 0.15) is 44.2 Å². The maximum absolute atomic E-state index is 5.99. The van der Waals surface area contributed by atoms with E-state index < -0.39 is 0 Å². The van der Waals surface area contributed by atoms with Gasteiger partial charge in [-0.25, -0.2) is 0 Å². The number of hydrogen-bond acceptors (Lipinski definition) is 3. The molecule has 1 aromatic carbocycles. The van der Waals surface area contributed by atoms with Crippen LogP contribution in [0.15, 0.2) is 18.2 Å². The van der Waals surface area contributed by atoms with E-state index >= 15 is 0 Å². The van der Waals surface area contributed by atoms with Gasteiger partial charge in [0.1, 0.15) is 12.4 Å². The van der Waals surface area contributed by atoms with Crippen molar-refractivity contribution in [2.45, 2.75) is 52.1 Å². The molecule has 0 N–H and O–H groups in total. The lowest BCUT2D eigenvalue weighted by Crippen LogP contribution is -2.35. The summed E-state index contributed by atoms with van der Waals surface area (Å²) in [5.41, 5.74) is 2.95. The van der Waals surface area contributed by atoms with Gasteiger partial charge >= 0.3 is 0 Å². The van der Waals surface area contributed by atoms with Gasteiger partial charge < -0.3 is 4.74 Å². The minimum atomic E-state index is 0.633. The van der Waals surface area contributed by atoms with Gasteiger partial charge in [0.2, 0.25) is 0 Å². The van der Waals surface area contributed by atoms with Crippen LogP contribution in [0, 0.1) is 0 Å².